The van der Waals surface area contributed by atoms with Crippen molar-refractivity contribution in [2.45, 2.75) is 32.4 Å². The van der Waals surface area contributed by atoms with Gasteiger partial charge in [-0.25, -0.2) is 0 Å². The van der Waals surface area contributed by atoms with Gasteiger partial charge in [0.1, 0.15) is 5.60 Å². The molecule has 1 aromatic rings. The van der Waals surface area contributed by atoms with Crippen molar-refractivity contribution in [3.8, 4) is 0 Å². The van der Waals surface area contributed by atoms with E-state index < -0.39 is 5.60 Å². The average molecular weight is 293 g/mol. The monoisotopic (exact) mass is 293 g/mol. The summed E-state index contributed by atoms with van der Waals surface area (Å²) in [6, 6.07) is 6.83. The van der Waals surface area contributed by atoms with Crippen LogP contribution in [0.5, 0.6) is 0 Å². The number of nitrogens with two attached hydrogens (primary N) is 1. The third kappa shape index (κ3) is 5.83. The molecule has 6 heteroatoms. The van der Waals surface area contributed by atoms with Gasteiger partial charge in [-0.05, 0) is 45.5 Å². The van der Waals surface area contributed by atoms with Crippen LogP contribution in [-0.4, -0.2) is 41.5 Å². The first-order chi connectivity index (χ1) is 9.73. The Morgan fingerprint density at radius 2 is 2.00 bits per heavy atom. The molecule has 1 rings (SSSR count). The molecule has 0 aliphatic carbocycles. The van der Waals surface area contributed by atoms with Gasteiger partial charge in [-0.1, -0.05) is 12.1 Å². The van der Waals surface area contributed by atoms with Crippen molar-refractivity contribution < 1.29 is 14.7 Å². The number of carbonyl (C=O) groups excluding carboxylic acids is 1. The molecule has 1 aromatic carbocycles. The number of anilines is 1. The smallest absolute Gasteiger partial charge is 0.320 e. The zero-order chi connectivity index (χ0) is 16.0. The molecule has 0 aliphatic heterocycles. The van der Waals surface area contributed by atoms with Crippen molar-refractivity contribution in [2.75, 3.05) is 19.3 Å². The summed E-state index contributed by atoms with van der Waals surface area (Å²) in [7, 11) is 1.76. The van der Waals surface area contributed by atoms with Gasteiger partial charge in [-0.15, -0.1) is 5.16 Å². The summed E-state index contributed by atoms with van der Waals surface area (Å²) < 4.78 is 5.28. The van der Waals surface area contributed by atoms with E-state index in [1.54, 1.807) is 24.1 Å². The maximum atomic E-state index is 11.9. The number of benzene rings is 1. The topological polar surface area (TPSA) is 88.2 Å². The summed E-state index contributed by atoms with van der Waals surface area (Å²) in [5.41, 5.74) is 6.64. The first kappa shape index (κ1) is 17.0. The minimum Gasteiger partial charge on any atom is -0.459 e. The van der Waals surface area contributed by atoms with Gasteiger partial charge in [0.25, 0.3) is 0 Å². The normalized spacial score (nSPS) is 13.6. The van der Waals surface area contributed by atoms with Gasteiger partial charge in [0, 0.05) is 5.69 Å². The number of rotatable bonds is 5. The van der Waals surface area contributed by atoms with Crippen LogP contribution in [0.15, 0.2) is 29.4 Å². The van der Waals surface area contributed by atoms with E-state index in [0.717, 1.165) is 5.56 Å². The number of ether oxygens (including phenoxy) is 1. The molecule has 0 aromatic heterocycles. The van der Waals surface area contributed by atoms with Crippen LogP contribution in [0.3, 0.4) is 0 Å². The third-order valence-corrected chi connectivity index (χ3v) is 2.76. The number of hydrogen-bond acceptors (Lipinski definition) is 6. The van der Waals surface area contributed by atoms with E-state index in [4.69, 9.17) is 15.7 Å². The Kier molecular flexibility index (Phi) is 5.72. The van der Waals surface area contributed by atoms with Gasteiger partial charge in [0.15, 0.2) is 0 Å². The number of hydrogen-bond donors (Lipinski definition) is 2. The van der Waals surface area contributed by atoms with E-state index in [-0.39, 0.29) is 18.6 Å². The largest absolute Gasteiger partial charge is 0.459 e. The fraction of sp³-hybridized carbons (Fsp3) is 0.467. The summed E-state index contributed by atoms with van der Waals surface area (Å²) in [5, 5.41) is 11.9. The summed E-state index contributed by atoms with van der Waals surface area (Å²) in [6.45, 7) is 5.53. The number of nitrogen functional groups attached to an aromatic ring is 1. The average Bonchev–Trinajstić information content (AvgIpc) is 2.34. The molecule has 3 N–H and O–H groups in total. The van der Waals surface area contributed by atoms with E-state index in [0.29, 0.717) is 5.69 Å². The lowest BCUT2D eigenvalue weighted by Crippen LogP contribution is -2.35. The number of carbonyl (C=O) groups is 1. The van der Waals surface area contributed by atoms with Gasteiger partial charge in [-0.3, -0.25) is 9.69 Å². The molecule has 0 bridgehead atoms. The van der Waals surface area contributed by atoms with Crippen molar-refractivity contribution in [3.63, 3.8) is 0 Å². The minimum atomic E-state index is -0.528. The number of likely N-dealkylation sites (N-methyl/N-ethyl adjacent to an activating group) is 1. The van der Waals surface area contributed by atoms with Crippen LogP contribution in [0.1, 0.15) is 32.4 Å². The van der Waals surface area contributed by atoms with Crippen LogP contribution in [0.2, 0.25) is 0 Å². The molecule has 1 atom stereocenters. The Bertz CT molecular complexity index is 492. The molecule has 0 spiro atoms. The van der Waals surface area contributed by atoms with Crippen molar-refractivity contribution in [2.24, 2.45) is 5.16 Å². The zero-order valence-electron chi connectivity index (χ0n) is 12.9. The van der Waals surface area contributed by atoms with E-state index in [1.165, 1.54) is 6.21 Å². The van der Waals surface area contributed by atoms with Crippen LogP contribution in [0.25, 0.3) is 0 Å². The highest BCUT2D eigenvalue weighted by Gasteiger charge is 2.22. The second kappa shape index (κ2) is 7.08. The predicted octanol–water partition coefficient (Wildman–Crippen LogP) is 2.04. The Labute approximate surface area is 125 Å². The van der Waals surface area contributed by atoms with Crippen LogP contribution in [-0.2, 0) is 9.53 Å². The molecule has 0 heterocycles. The van der Waals surface area contributed by atoms with Crippen LogP contribution < -0.4 is 5.73 Å². The van der Waals surface area contributed by atoms with Gasteiger partial charge in [-0.2, -0.15) is 0 Å². The number of nitrogens with zero attached hydrogens (tertiary/aromatic N) is 2. The molecular weight excluding hydrogens is 270 g/mol. The summed E-state index contributed by atoms with van der Waals surface area (Å²) in [6.07, 6.45) is 1.36. The highest BCUT2D eigenvalue weighted by Crippen LogP contribution is 2.19. The first-order valence-electron chi connectivity index (χ1n) is 6.68. The summed E-state index contributed by atoms with van der Waals surface area (Å²) in [5.74, 6) is -0.336. The van der Waals surface area contributed by atoms with Crippen molar-refractivity contribution in [1.82, 2.24) is 4.90 Å². The van der Waals surface area contributed by atoms with Crippen LogP contribution >= 0.6 is 0 Å². The second-order valence-electron chi connectivity index (χ2n) is 5.88. The lowest BCUT2D eigenvalue weighted by atomic mass is 10.1. The lowest BCUT2D eigenvalue weighted by Gasteiger charge is -2.26. The van der Waals surface area contributed by atoms with Crippen molar-refractivity contribution in [1.29, 1.82) is 0 Å². The van der Waals surface area contributed by atoms with E-state index in [9.17, 15) is 4.79 Å². The summed E-state index contributed by atoms with van der Waals surface area (Å²) in [4.78, 5) is 13.6. The molecule has 0 radical (unpaired) electrons. The molecule has 21 heavy (non-hydrogen) atoms. The fourth-order valence-electron chi connectivity index (χ4n) is 1.89. The van der Waals surface area contributed by atoms with Gasteiger partial charge >= 0.3 is 5.97 Å². The highest BCUT2D eigenvalue weighted by molar-refractivity contribution is 5.74. The molecular formula is C15H23N3O3. The van der Waals surface area contributed by atoms with Gasteiger partial charge in [0.05, 0.1) is 18.8 Å². The molecule has 0 aliphatic rings. The summed E-state index contributed by atoms with van der Waals surface area (Å²) >= 11 is 0. The second-order valence-corrected chi connectivity index (χ2v) is 5.88. The molecule has 6 nitrogen and oxygen atoms in total. The molecule has 116 valence electrons. The first-order valence-corrected chi connectivity index (χ1v) is 6.68. The molecule has 0 amide bonds. The SMILES string of the molecule is CN(CC(=O)OC(C)(C)C)C(C=NO)c1ccc(N)cc1. The quantitative estimate of drug-likeness (QED) is 0.285. The standard InChI is InChI=1S/C15H23N3O3/c1-15(2,3)21-14(19)10-18(4)13(9-17-20)11-5-7-12(16)8-6-11/h5-9,13,20H,10,16H2,1-4H3. The predicted molar refractivity (Wildman–Crippen MR) is 82.3 cm³/mol. The minimum absolute atomic E-state index is 0.0817. The molecule has 0 saturated heterocycles. The van der Waals surface area contributed by atoms with Crippen LogP contribution in [0, 0.1) is 0 Å². The highest BCUT2D eigenvalue weighted by atomic mass is 16.6. The molecule has 0 fully saturated rings. The van der Waals surface area contributed by atoms with E-state index >= 15 is 0 Å². The zero-order valence-corrected chi connectivity index (χ0v) is 12.9. The Hall–Kier alpha value is -2.08. The van der Waals surface area contributed by atoms with E-state index in [2.05, 4.69) is 5.16 Å². The fourth-order valence-corrected chi connectivity index (χ4v) is 1.89. The Morgan fingerprint density at radius 3 is 2.48 bits per heavy atom. The van der Waals surface area contributed by atoms with Crippen molar-refractivity contribution >= 4 is 17.9 Å². The van der Waals surface area contributed by atoms with E-state index in [1.807, 2.05) is 32.9 Å². The maximum Gasteiger partial charge on any atom is 0.320 e. The maximum absolute atomic E-state index is 11.9. The molecule has 1 unspecified atom stereocenters. The number of esters is 1. The Balaban J connectivity index is 2.81. The van der Waals surface area contributed by atoms with Gasteiger partial charge < -0.3 is 15.7 Å². The molecule has 0 saturated carbocycles. The lowest BCUT2D eigenvalue weighted by molar-refractivity contribution is -0.156. The third-order valence-electron chi connectivity index (χ3n) is 2.76. The van der Waals surface area contributed by atoms with Gasteiger partial charge in [0.2, 0.25) is 0 Å². The van der Waals surface area contributed by atoms with Crippen molar-refractivity contribution in [3.05, 3.63) is 29.8 Å². The number of oxime groups is 1. The Morgan fingerprint density at radius 1 is 1.43 bits per heavy atom. The van der Waals surface area contributed by atoms with Crippen LogP contribution in [0.4, 0.5) is 5.69 Å².